The Hall–Kier alpha value is -0.530. The molecular weight excluding hydrogens is 176 g/mol. The average molecular weight is 192 g/mol. The minimum Gasteiger partial charge on any atom is -0.481 e. The van der Waals surface area contributed by atoms with Crippen molar-refractivity contribution in [2.24, 2.45) is 35.0 Å². The van der Waals surface area contributed by atoms with Crippen LogP contribution in [-0.2, 0) is 4.79 Å². The summed E-state index contributed by atoms with van der Waals surface area (Å²) >= 11 is 0. The van der Waals surface area contributed by atoms with Gasteiger partial charge in [0.2, 0.25) is 0 Å². The Morgan fingerprint density at radius 2 is 1.79 bits per heavy atom. The minimum atomic E-state index is -0.497. The van der Waals surface area contributed by atoms with Crippen LogP contribution < -0.4 is 0 Å². The summed E-state index contributed by atoms with van der Waals surface area (Å²) in [5, 5.41) is 9.23. The topological polar surface area (TPSA) is 37.3 Å². The maximum Gasteiger partial charge on any atom is 0.307 e. The molecule has 5 fully saturated rings. The number of rotatable bonds is 1. The number of carboxylic acids is 1. The molecule has 0 aliphatic heterocycles. The highest BCUT2D eigenvalue weighted by molar-refractivity contribution is 5.76. The summed E-state index contributed by atoms with van der Waals surface area (Å²) in [5.74, 6) is 2.74. The van der Waals surface area contributed by atoms with Gasteiger partial charge < -0.3 is 5.11 Å². The first-order chi connectivity index (χ1) is 6.71. The largest absolute Gasteiger partial charge is 0.481 e. The Morgan fingerprint density at radius 1 is 1.14 bits per heavy atom. The summed E-state index contributed by atoms with van der Waals surface area (Å²) in [6.07, 6.45) is 6.62. The Labute approximate surface area is 83.7 Å². The lowest BCUT2D eigenvalue weighted by Crippen LogP contribution is -2.39. The van der Waals surface area contributed by atoms with Crippen molar-refractivity contribution < 1.29 is 9.90 Å². The van der Waals surface area contributed by atoms with Gasteiger partial charge in [-0.25, -0.2) is 0 Å². The van der Waals surface area contributed by atoms with E-state index in [1.54, 1.807) is 0 Å². The van der Waals surface area contributed by atoms with Crippen molar-refractivity contribution in [2.45, 2.75) is 32.1 Å². The zero-order chi connectivity index (χ0) is 9.50. The maximum atomic E-state index is 11.2. The second-order valence-corrected chi connectivity index (χ2v) is 6.18. The number of hydrogen-bond acceptors (Lipinski definition) is 1. The lowest BCUT2D eigenvalue weighted by atomic mass is 9.56. The molecule has 76 valence electrons. The zero-order valence-electron chi connectivity index (χ0n) is 8.28. The van der Waals surface area contributed by atoms with E-state index in [1.165, 1.54) is 32.1 Å². The zero-order valence-corrected chi connectivity index (χ0v) is 8.28. The second-order valence-electron chi connectivity index (χ2n) is 6.18. The summed E-state index contributed by atoms with van der Waals surface area (Å²) in [4.78, 5) is 11.2. The first kappa shape index (κ1) is 7.72. The van der Waals surface area contributed by atoms with Gasteiger partial charge in [0.1, 0.15) is 0 Å². The van der Waals surface area contributed by atoms with Crippen LogP contribution in [0.15, 0.2) is 0 Å². The molecule has 0 aromatic rings. The van der Waals surface area contributed by atoms with Crippen molar-refractivity contribution >= 4 is 5.97 Å². The van der Waals surface area contributed by atoms with Crippen LogP contribution in [0.4, 0.5) is 0 Å². The quantitative estimate of drug-likeness (QED) is 0.691. The molecule has 0 heterocycles. The highest BCUT2D eigenvalue weighted by Crippen LogP contribution is 2.78. The van der Waals surface area contributed by atoms with E-state index in [9.17, 15) is 9.90 Å². The van der Waals surface area contributed by atoms with E-state index in [-0.39, 0.29) is 5.92 Å². The summed E-state index contributed by atoms with van der Waals surface area (Å²) < 4.78 is 0. The van der Waals surface area contributed by atoms with E-state index in [1.807, 2.05) is 0 Å². The summed E-state index contributed by atoms with van der Waals surface area (Å²) in [6, 6.07) is 0. The minimum absolute atomic E-state index is 0.0581. The van der Waals surface area contributed by atoms with Gasteiger partial charge in [-0.15, -0.1) is 0 Å². The van der Waals surface area contributed by atoms with Crippen LogP contribution in [0.25, 0.3) is 0 Å². The lowest BCUT2D eigenvalue weighted by molar-refractivity contribution is -0.139. The average Bonchev–Trinajstić information content (AvgIpc) is 2.71. The molecule has 0 saturated heterocycles. The molecule has 14 heavy (non-hydrogen) atoms. The fourth-order valence-electron chi connectivity index (χ4n) is 5.59. The van der Waals surface area contributed by atoms with Gasteiger partial charge in [-0.05, 0) is 61.2 Å². The van der Waals surface area contributed by atoms with Crippen LogP contribution >= 0.6 is 0 Å². The summed E-state index contributed by atoms with van der Waals surface area (Å²) in [5.41, 5.74) is 0.306. The first-order valence-electron chi connectivity index (χ1n) is 5.93. The highest BCUT2D eigenvalue weighted by atomic mass is 16.4. The van der Waals surface area contributed by atoms with Gasteiger partial charge in [-0.1, -0.05) is 0 Å². The molecule has 0 radical (unpaired) electrons. The molecular formula is C12H16O2. The molecule has 2 heteroatoms. The molecule has 4 bridgehead atoms. The van der Waals surface area contributed by atoms with E-state index >= 15 is 0 Å². The Bertz CT molecular complexity index is 308. The third-order valence-corrected chi connectivity index (χ3v) is 5.58. The summed E-state index contributed by atoms with van der Waals surface area (Å²) in [6.45, 7) is 0. The van der Waals surface area contributed by atoms with Crippen LogP contribution in [0, 0.1) is 35.0 Å². The first-order valence-corrected chi connectivity index (χ1v) is 5.93. The third kappa shape index (κ3) is 0.665. The number of hydrogen-bond donors (Lipinski definition) is 1. The second kappa shape index (κ2) is 2.02. The van der Waals surface area contributed by atoms with Crippen molar-refractivity contribution in [3.63, 3.8) is 0 Å². The third-order valence-electron chi connectivity index (χ3n) is 5.58. The standard InChI is InChI=1S/C12H16O2/c13-11(14)10-9-8-2-6-1-7(3-8)5-12(9,10)4-6/h6-10H,1-5H2,(H,13,14). The molecule has 2 nitrogen and oxygen atoms in total. The van der Waals surface area contributed by atoms with E-state index in [2.05, 4.69) is 0 Å². The van der Waals surface area contributed by atoms with Crippen molar-refractivity contribution in [1.29, 1.82) is 0 Å². The number of carbonyl (C=O) groups is 1. The van der Waals surface area contributed by atoms with Crippen molar-refractivity contribution in [2.75, 3.05) is 0 Å². The van der Waals surface area contributed by atoms with Gasteiger partial charge in [0.05, 0.1) is 5.92 Å². The number of carboxylic acid groups (broad SMARTS) is 1. The van der Waals surface area contributed by atoms with E-state index in [0.717, 1.165) is 17.8 Å². The molecule has 5 aliphatic rings. The number of aliphatic carboxylic acids is 1. The van der Waals surface area contributed by atoms with E-state index in [0.29, 0.717) is 11.3 Å². The van der Waals surface area contributed by atoms with E-state index in [4.69, 9.17) is 0 Å². The molecule has 0 aromatic carbocycles. The van der Waals surface area contributed by atoms with Crippen molar-refractivity contribution in [3.05, 3.63) is 0 Å². The molecule has 0 amide bonds. The predicted molar refractivity (Wildman–Crippen MR) is 50.6 cm³/mol. The maximum absolute atomic E-state index is 11.2. The molecule has 4 atom stereocenters. The molecule has 1 N–H and O–H groups in total. The van der Waals surface area contributed by atoms with Gasteiger partial charge in [-0.3, -0.25) is 4.79 Å². The molecule has 5 saturated carbocycles. The van der Waals surface area contributed by atoms with Crippen LogP contribution in [0.3, 0.4) is 0 Å². The fraction of sp³-hybridized carbons (Fsp3) is 0.917. The molecule has 5 aliphatic carbocycles. The van der Waals surface area contributed by atoms with Crippen molar-refractivity contribution in [1.82, 2.24) is 0 Å². The Morgan fingerprint density at radius 3 is 2.36 bits per heavy atom. The highest BCUT2D eigenvalue weighted by Gasteiger charge is 2.75. The molecule has 4 unspecified atom stereocenters. The van der Waals surface area contributed by atoms with Crippen LogP contribution in [0.2, 0.25) is 0 Å². The van der Waals surface area contributed by atoms with Crippen LogP contribution in [0.5, 0.6) is 0 Å². The van der Waals surface area contributed by atoms with E-state index < -0.39 is 5.97 Å². The smallest absolute Gasteiger partial charge is 0.307 e. The Kier molecular flexibility index (Phi) is 1.12. The van der Waals surface area contributed by atoms with Gasteiger partial charge in [0.25, 0.3) is 0 Å². The Balaban J connectivity index is 1.77. The van der Waals surface area contributed by atoms with Gasteiger partial charge in [0, 0.05) is 0 Å². The SMILES string of the molecule is O=C(O)C1C2C3CC4CC(C3)CC12C4. The normalized spacial score (nSPS) is 62.4. The van der Waals surface area contributed by atoms with Gasteiger partial charge in [-0.2, -0.15) is 0 Å². The summed E-state index contributed by atoms with van der Waals surface area (Å²) in [7, 11) is 0. The van der Waals surface area contributed by atoms with Gasteiger partial charge in [0.15, 0.2) is 0 Å². The molecule has 5 rings (SSSR count). The van der Waals surface area contributed by atoms with Crippen molar-refractivity contribution in [3.8, 4) is 0 Å². The molecule has 1 spiro atoms. The lowest BCUT2D eigenvalue weighted by Gasteiger charge is -2.49. The molecule has 0 aromatic heterocycles. The van der Waals surface area contributed by atoms with Gasteiger partial charge >= 0.3 is 5.97 Å². The van der Waals surface area contributed by atoms with Crippen LogP contribution in [-0.4, -0.2) is 11.1 Å². The fourth-order valence-corrected chi connectivity index (χ4v) is 5.59. The van der Waals surface area contributed by atoms with Crippen LogP contribution in [0.1, 0.15) is 32.1 Å². The monoisotopic (exact) mass is 192 g/mol. The predicted octanol–water partition coefficient (Wildman–Crippen LogP) is 2.14.